The number of aromatic carboxylic acids is 1. The maximum Gasteiger partial charge on any atom is 0.335 e. The Morgan fingerprint density at radius 3 is 2.91 bits per heavy atom. The highest BCUT2D eigenvalue weighted by molar-refractivity contribution is 5.89. The van der Waals surface area contributed by atoms with Gasteiger partial charge in [0.1, 0.15) is 0 Å². The van der Waals surface area contributed by atoms with Gasteiger partial charge in [-0.15, -0.1) is 0 Å². The van der Waals surface area contributed by atoms with E-state index in [2.05, 4.69) is 6.08 Å². The van der Waals surface area contributed by atoms with Crippen LogP contribution in [0, 0.1) is 0 Å². The van der Waals surface area contributed by atoms with Crippen molar-refractivity contribution in [2.45, 2.75) is 32.2 Å². The quantitative estimate of drug-likeness (QED) is 0.867. The molecule has 0 saturated carbocycles. The Morgan fingerprint density at radius 1 is 1.32 bits per heavy atom. The molecular weight excluding hydrogens is 278 g/mol. The fraction of sp³-hybridized carbons (Fsp3) is 0.333. The van der Waals surface area contributed by atoms with Crippen molar-refractivity contribution >= 4 is 17.4 Å². The van der Waals surface area contributed by atoms with Gasteiger partial charge in [-0.3, -0.25) is 4.79 Å². The number of hydrogen-bond acceptors (Lipinski definition) is 2. The molecule has 1 saturated heterocycles. The van der Waals surface area contributed by atoms with E-state index in [1.54, 1.807) is 12.1 Å². The number of allylic oxidation sites excluding steroid dienone is 3. The minimum absolute atomic E-state index is 0.191. The predicted molar refractivity (Wildman–Crippen MR) is 84.6 cm³/mol. The smallest absolute Gasteiger partial charge is 0.335 e. The normalized spacial score (nSPS) is 25.0. The first kappa shape index (κ1) is 14.6. The van der Waals surface area contributed by atoms with E-state index < -0.39 is 5.97 Å². The van der Waals surface area contributed by atoms with E-state index in [0.717, 1.165) is 29.5 Å². The van der Waals surface area contributed by atoms with Gasteiger partial charge in [0.2, 0.25) is 5.91 Å². The van der Waals surface area contributed by atoms with Crippen LogP contribution in [0.1, 0.15) is 41.3 Å². The third-order valence-electron chi connectivity index (χ3n) is 4.46. The van der Waals surface area contributed by atoms with Crippen LogP contribution >= 0.6 is 0 Å². The highest BCUT2D eigenvalue weighted by Crippen LogP contribution is 2.26. The van der Waals surface area contributed by atoms with Gasteiger partial charge in [-0.25, -0.2) is 4.79 Å². The summed E-state index contributed by atoms with van der Waals surface area (Å²) >= 11 is 0. The summed E-state index contributed by atoms with van der Waals surface area (Å²) in [4.78, 5) is 25.1. The minimum Gasteiger partial charge on any atom is -0.478 e. The third kappa shape index (κ3) is 2.69. The van der Waals surface area contributed by atoms with Crippen LogP contribution < -0.4 is 0 Å². The van der Waals surface area contributed by atoms with Crippen molar-refractivity contribution in [1.82, 2.24) is 4.90 Å². The van der Waals surface area contributed by atoms with Crippen LogP contribution in [0.2, 0.25) is 0 Å². The van der Waals surface area contributed by atoms with Crippen molar-refractivity contribution in [3.63, 3.8) is 0 Å². The topological polar surface area (TPSA) is 57.6 Å². The molecule has 1 atom stereocenters. The Bertz CT molecular complexity index is 688. The number of amides is 1. The molecule has 114 valence electrons. The van der Waals surface area contributed by atoms with Gasteiger partial charge >= 0.3 is 5.97 Å². The molecule has 0 bridgehead atoms. The molecule has 0 aliphatic carbocycles. The highest BCUT2D eigenvalue weighted by atomic mass is 16.4. The average molecular weight is 297 g/mol. The maximum atomic E-state index is 12.0. The summed E-state index contributed by atoms with van der Waals surface area (Å²) in [6.07, 6.45) is 8.29. The standard InChI is InChI=1S/C18H19NO3/c1-12-3-2-4-15-7-8-17(20)19(15)10-9-13-5-6-14(18(21)22)11-16(12)13/h2-6,11,15H,7-10H2,1H3,(H,21,22)/b4-2-,12-3+/t15-/m0/s1. The summed E-state index contributed by atoms with van der Waals surface area (Å²) in [5, 5.41) is 9.17. The van der Waals surface area contributed by atoms with Gasteiger partial charge in [0.25, 0.3) is 0 Å². The lowest BCUT2D eigenvalue weighted by Crippen LogP contribution is -2.33. The summed E-state index contributed by atoms with van der Waals surface area (Å²) in [6, 6.07) is 5.43. The first-order valence-electron chi connectivity index (χ1n) is 7.57. The number of carboxylic acids is 1. The van der Waals surface area contributed by atoms with E-state index in [1.165, 1.54) is 0 Å². The van der Waals surface area contributed by atoms with Gasteiger partial charge in [0.15, 0.2) is 0 Å². The summed E-state index contributed by atoms with van der Waals surface area (Å²) < 4.78 is 0. The molecule has 0 unspecified atom stereocenters. The van der Waals surface area contributed by atoms with Crippen LogP contribution in [0.25, 0.3) is 5.57 Å². The molecular formula is C18H19NO3. The lowest BCUT2D eigenvalue weighted by atomic mass is 9.95. The molecule has 22 heavy (non-hydrogen) atoms. The predicted octanol–water partition coefficient (Wildman–Crippen LogP) is 2.89. The zero-order chi connectivity index (χ0) is 15.7. The molecule has 1 fully saturated rings. The molecule has 0 aromatic heterocycles. The second-order valence-electron chi connectivity index (χ2n) is 5.85. The molecule has 2 heterocycles. The number of carbonyl (C=O) groups excluding carboxylic acids is 1. The van der Waals surface area contributed by atoms with Gasteiger partial charge in [-0.2, -0.15) is 0 Å². The molecule has 4 heteroatoms. The summed E-state index contributed by atoms with van der Waals surface area (Å²) in [7, 11) is 0. The number of carbonyl (C=O) groups is 2. The van der Waals surface area contributed by atoms with Crippen molar-refractivity contribution in [3.8, 4) is 0 Å². The van der Waals surface area contributed by atoms with Gasteiger partial charge in [-0.05, 0) is 48.6 Å². The molecule has 4 nitrogen and oxygen atoms in total. The third-order valence-corrected chi connectivity index (χ3v) is 4.46. The SMILES string of the molecule is C/C1=C\C=C/[C@H]2CCC(=O)N2CCc2ccc(C(=O)O)cc21. The summed E-state index contributed by atoms with van der Waals surface area (Å²) in [5.41, 5.74) is 3.39. The van der Waals surface area contributed by atoms with E-state index >= 15 is 0 Å². The molecule has 1 aromatic carbocycles. The summed E-state index contributed by atoms with van der Waals surface area (Å²) in [5.74, 6) is -0.711. The lowest BCUT2D eigenvalue weighted by molar-refractivity contribution is -0.128. The van der Waals surface area contributed by atoms with Crippen LogP contribution in [0.5, 0.6) is 0 Å². The number of benzene rings is 1. The molecule has 2 aliphatic rings. The summed E-state index contributed by atoms with van der Waals surface area (Å²) in [6.45, 7) is 2.68. The maximum absolute atomic E-state index is 12.0. The Morgan fingerprint density at radius 2 is 2.14 bits per heavy atom. The Hall–Kier alpha value is -2.36. The lowest BCUT2D eigenvalue weighted by Gasteiger charge is -2.24. The Labute approximate surface area is 129 Å². The van der Waals surface area contributed by atoms with E-state index in [4.69, 9.17) is 0 Å². The van der Waals surface area contributed by atoms with E-state index in [-0.39, 0.29) is 11.9 Å². The number of fused-ring (bicyclic) bond motifs is 2. The van der Waals surface area contributed by atoms with Crippen LogP contribution in [0.15, 0.2) is 36.4 Å². The van der Waals surface area contributed by atoms with Crippen molar-refractivity contribution in [2.24, 2.45) is 0 Å². The molecule has 0 radical (unpaired) electrons. The minimum atomic E-state index is -0.918. The number of carboxylic acid groups (broad SMARTS) is 1. The number of nitrogens with zero attached hydrogens (tertiary/aromatic N) is 1. The molecule has 1 N–H and O–H groups in total. The molecule has 3 rings (SSSR count). The van der Waals surface area contributed by atoms with Crippen molar-refractivity contribution in [2.75, 3.05) is 6.54 Å². The monoisotopic (exact) mass is 297 g/mol. The number of rotatable bonds is 1. The first-order chi connectivity index (χ1) is 10.6. The van der Waals surface area contributed by atoms with Crippen LogP contribution in [-0.4, -0.2) is 34.5 Å². The molecule has 0 spiro atoms. The molecule has 1 aromatic rings. The fourth-order valence-corrected chi connectivity index (χ4v) is 3.20. The highest BCUT2D eigenvalue weighted by Gasteiger charge is 2.28. The second-order valence-corrected chi connectivity index (χ2v) is 5.85. The Balaban J connectivity index is 2.02. The number of hydrogen-bond donors (Lipinski definition) is 1. The average Bonchev–Trinajstić information content (AvgIpc) is 2.85. The van der Waals surface area contributed by atoms with Gasteiger partial charge in [0, 0.05) is 13.0 Å². The van der Waals surface area contributed by atoms with Gasteiger partial charge < -0.3 is 10.0 Å². The van der Waals surface area contributed by atoms with Crippen LogP contribution in [-0.2, 0) is 11.2 Å². The van der Waals surface area contributed by atoms with E-state index in [9.17, 15) is 14.7 Å². The largest absolute Gasteiger partial charge is 0.478 e. The zero-order valence-electron chi connectivity index (χ0n) is 12.6. The van der Waals surface area contributed by atoms with Crippen LogP contribution in [0.4, 0.5) is 0 Å². The fourth-order valence-electron chi connectivity index (χ4n) is 3.20. The Kier molecular flexibility index (Phi) is 3.84. The van der Waals surface area contributed by atoms with Crippen LogP contribution in [0.3, 0.4) is 0 Å². The van der Waals surface area contributed by atoms with Crippen molar-refractivity contribution in [3.05, 3.63) is 53.1 Å². The van der Waals surface area contributed by atoms with E-state index in [0.29, 0.717) is 18.5 Å². The molecule has 2 aliphatic heterocycles. The molecule has 1 amide bonds. The van der Waals surface area contributed by atoms with E-state index in [1.807, 2.05) is 30.0 Å². The first-order valence-corrected chi connectivity index (χ1v) is 7.57. The van der Waals surface area contributed by atoms with Crippen molar-refractivity contribution in [1.29, 1.82) is 0 Å². The van der Waals surface area contributed by atoms with Gasteiger partial charge in [0.05, 0.1) is 11.6 Å². The van der Waals surface area contributed by atoms with Crippen molar-refractivity contribution < 1.29 is 14.7 Å². The zero-order valence-corrected chi connectivity index (χ0v) is 12.6. The van der Waals surface area contributed by atoms with Gasteiger partial charge in [-0.1, -0.05) is 24.3 Å². The second kappa shape index (κ2) is 5.79.